The lowest BCUT2D eigenvalue weighted by atomic mass is 10.0. The van der Waals surface area contributed by atoms with E-state index < -0.39 is 10.0 Å². The maximum Gasteiger partial charge on any atom is 0.243 e. The maximum absolute atomic E-state index is 12.9. The number of hydrogen-bond donors (Lipinski definition) is 1. The number of hydrogen-bond acceptors (Lipinski definition) is 3. The van der Waals surface area contributed by atoms with Crippen molar-refractivity contribution < 1.29 is 13.2 Å². The van der Waals surface area contributed by atoms with Gasteiger partial charge in [-0.15, -0.1) is 0 Å². The molecule has 3 atom stereocenters. The summed E-state index contributed by atoms with van der Waals surface area (Å²) in [5, 5.41) is 2.97. The fourth-order valence-corrected chi connectivity index (χ4v) is 6.34. The molecular formula is C20H28N2O3S. The lowest BCUT2D eigenvalue weighted by Gasteiger charge is -2.20. The third kappa shape index (κ3) is 3.54. The van der Waals surface area contributed by atoms with Gasteiger partial charge in [0.2, 0.25) is 15.9 Å². The number of amides is 1. The van der Waals surface area contributed by atoms with Gasteiger partial charge in [0.1, 0.15) is 0 Å². The zero-order valence-corrected chi connectivity index (χ0v) is 16.0. The molecule has 2 saturated carbocycles. The summed E-state index contributed by atoms with van der Waals surface area (Å²) in [6, 6.07) is 6.75. The molecule has 4 rings (SSSR count). The molecule has 1 aliphatic heterocycles. The second-order valence-corrected chi connectivity index (χ2v) is 9.91. The van der Waals surface area contributed by atoms with Crippen LogP contribution >= 0.6 is 0 Å². The van der Waals surface area contributed by atoms with Crippen LogP contribution in [0, 0.1) is 17.8 Å². The molecule has 1 heterocycles. The van der Waals surface area contributed by atoms with Crippen molar-refractivity contribution in [1.82, 2.24) is 4.31 Å². The summed E-state index contributed by atoms with van der Waals surface area (Å²) in [7, 11) is -3.49. The number of anilines is 1. The number of carbonyl (C=O) groups excluding carboxylic acids is 1. The number of nitrogens with zero attached hydrogens (tertiary/aromatic N) is 1. The Labute approximate surface area is 156 Å². The average molecular weight is 377 g/mol. The van der Waals surface area contributed by atoms with E-state index in [4.69, 9.17) is 0 Å². The molecule has 1 saturated heterocycles. The van der Waals surface area contributed by atoms with Crippen LogP contribution in [0.15, 0.2) is 29.2 Å². The molecule has 6 heteroatoms. The Morgan fingerprint density at radius 3 is 2.27 bits per heavy atom. The first-order chi connectivity index (χ1) is 12.6. The first-order valence-corrected chi connectivity index (χ1v) is 11.4. The monoisotopic (exact) mass is 376 g/mol. The second kappa shape index (κ2) is 7.31. The Kier molecular flexibility index (Phi) is 5.06. The minimum atomic E-state index is -3.49. The van der Waals surface area contributed by atoms with Gasteiger partial charge in [-0.1, -0.05) is 31.7 Å². The van der Waals surface area contributed by atoms with Gasteiger partial charge in [-0.25, -0.2) is 8.42 Å². The van der Waals surface area contributed by atoms with Gasteiger partial charge in [-0.05, 0) is 55.7 Å². The van der Waals surface area contributed by atoms with Crippen molar-refractivity contribution >= 4 is 21.6 Å². The molecule has 0 spiro atoms. The maximum atomic E-state index is 12.9. The van der Waals surface area contributed by atoms with E-state index in [0.29, 0.717) is 30.6 Å². The van der Waals surface area contributed by atoms with Gasteiger partial charge in [-0.3, -0.25) is 4.79 Å². The first kappa shape index (κ1) is 18.0. The van der Waals surface area contributed by atoms with E-state index in [1.54, 1.807) is 28.6 Å². The Balaban J connectivity index is 1.47. The van der Waals surface area contributed by atoms with Crippen molar-refractivity contribution in [3.8, 4) is 0 Å². The van der Waals surface area contributed by atoms with Crippen LogP contribution in [0.25, 0.3) is 0 Å². The fraction of sp³-hybridized carbons (Fsp3) is 0.650. The van der Waals surface area contributed by atoms with Crippen LogP contribution in [0.1, 0.15) is 51.4 Å². The van der Waals surface area contributed by atoms with Gasteiger partial charge in [0.15, 0.2) is 0 Å². The minimum Gasteiger partial charge on any atom is -0.326 e. The van der Waals surface area contributed by atoms with E-state index >= 15 is 0 Å². The topological polar surface area (TPSA) is 66.5 Å². The van der Waals surface area contributed by atoms with E-state index in [0.717, 1.165) is 38.5 Å². The van der Waals surface area contributed by atoms with Crippen LogP contribution < -0.4 is 5.32 Å². The quantitative estimate of drug-likeness (QED) is 0.873. The Morgan fingerprint density at radius 2 is 1.62 bits per heavy atom. The number of sulfonamides is 1. The normalized spacial score (nSPS) is 29.5. The van der Waals surface area contributed by atoms with Crippen LogP contribution in [0.3, 0.4) is 0 Å². The van der Waals surface area contributed by atoms with Crippen LogP contribution in [0.4, 0.5) is 5.69 Å². The fourth-order valence-electron chi connectivity index (χ4n) is 4.77. The van der Waals surface area contributed by atoms with Crippen molar-refractivity contribution in [3.63, 3.8) is 0 Å². The summed E-state index contributed by atoms with van der Waals surface area (Å²) in [4.78, 5) is 12.9. The molecule has 1 aromatic rings. The van der Waals surface area contributed by atoms with Gasteiger partial charge in [-0.2, -0.15) is 4.31 Å². The van der Waals surface area contributed by atoms with E-state index in [9.17, 15) is 13.2 Å². The van der Waals surface area contributed by atoms with Crippen LogP contribution in [0.5, 0.6) is 0 Å². The Morgan fingerprint density at radius 1 is 0.962 bits per heavy atom. The molecule has 5 nitrogen and oxygen atoms in total. The highest BCUT2D eigenvalue weighted by molar-refractivity contribution is 7.89. The van der Waals surface area contributed by atoms with Crippen LogP contribution in [-0.4, -0.2) is 31.7 Å². The summed E-state index contributed by atoms with van der Waals surface area (Å²) in [5.41, 5.74) is 0.592. The molecule has 0 radical (unpaired) electrons. The van der Waals surface area contributed by atoms with Gasteiger partial charge in [0, 0.05) is 24.7 Å². The van der Waals surface area contributed by atoms with Crippen molar-refractivity contribution in [2.75, 3.05) is 18.4 Å². The summed E-state index contributed by atoms with van der Waals surface area (Å²) in [6.07, 6.45) is 8.79. The number of fused-ring (bicyclic) bond motifs is 1. The van der Waals surface area contributed by atoms with Crippen molar-refractivity contribution in [2.45, 2.75) is 56.3 Å². The van der Waals surface area contributed by atoms with Gasteiger partial charge >= 0.3 is 0 Å². The third-order valence-corrected chi connectivity index (χ3v) is 8.16. The van der Waals surface area contributed by atoms with E-state index in [2.05, 4.69) is 5.32 Å². The molecular weight excluding hydrogens is 348 g/mol. The highest BCUT2D eigenvalue weighted by atomic mass is 32.2. The van der Waals surface area contributed by atoms with Crippen molar-refractivity contribution in [2.24, 2.45) is 17.8 Å². The average Bonchev–Trinajstić information content (AvgIpc) is 3.41. The zero-order valence-electron chi connectivity index (χ0n) is 15.2. The van der Waals surface area contributed by atoms with E-state index in [1.807, 2.05) is 0 Å². The summed E-state index contributed by atoms with van der Waals surface area (Å²) < 4.78 is 27.5. The minimum absolute atomic E-state index is 0.0613. The molecule has 0 bridgehead atoms. The van der Waals surface area contributed by atoms with E-state index in [1.165, 1.54) is 12.8 Å². The molecule has 1 unspecified atom stereocenters. The molecule has 1 aromatic carbocycles. The van der Waals surface area contributed by atoms with Gasteiger partial charge < -0.3 is 5.32 Å². The predicted molar refractivity (Wildman–Crippen MR) is 101 cm³/mol. The molecule has 1 amide bonds. The Hall–Kier alpha value is -1.40. The zero-order chi connectivity index (χ0) is 18.1. The third-order valence-electron chi connectivity index (χ3n) is 6.26. The number of benzene rings is 1. The largest absolute Gasteiger partial charge is 0.326 e. The first-order valence-electron chi connectivity index (χ1n) is 9.98. The van der Waals surface area contributed by atoms with Gasteiger partial charge in [0.05, 0.1) is 4.90 Å². The summed E-state index contributed by atoms with van der Waals surface area (Å²) in [5.74, 6) is 1.29. The molecule has 142 valence electrons. The Bertz CT molecular complexity index is 757. The number of nitrogens with one attached hydrogen (secondary N) is 1. The molecule has 2 aliphatic carbocycles. The molecule has 0 aromatic heterocycles. The molecule has 3 aliphatic rings. The lowest BCUT2D eigenvalue weighted by Crippen LogP contribution is -2.32. The summed E-state index contributed by atoms with van der Waals surface area (Å²) >= 11 is 0. The SMILES string of the molecule is O=C(Nc1cccc(S(=O)(=O)N2CCCCCC2)c1)C1[C@H]2CCCC[C@@H]12. The van der Waals surface area contributed by atoms with Crippen molar-refractivity contribution in [3.05, 3.63) is 24.3 Å². The van der Waals surface area contributed by atoms with Crippen molar-refractivity contribution in [1.29, 1.82) is 0 Å². The van der Waals surface area contributed by atoms with Gasteiger partial charge in [0.25, 0.3) is 0 Å². The molecule has 3 fully saturated rings. The van der Waals surface area contributed by atoms with Crippen LogP contribution in [0.2, 0.25) is 0 Å². The highest BCUT2D eigenvalue weighted by Gasteiger charge is 2.54. The lowest BCUT2D eigenvalue weighted by molar-refractivity contribution is -0.117. The molecule has 26 heavy (non-hydrogen) atoms. The van der Waals surface area contributed by atoms with Crippen LogP contribution in [-0.2, 0) is 14.8 Å². The summed E-state index contributed by atoms with van der Waals surface area (Å²) in [6.45, 7) is 1.18. The number of rotatable bonds is 4. The standard InChI is InChI=1S/C20H28N2O3S/c23-20(19-17-10-3-4-11-18(17)19)21-15-8-7-9-16(14-15)26(24,25)22-12-5-1-2-6-13-22/h7-9,14,17-19H,1-6,10-13H2,(H,21,23)/t17-,18+,19?. The predicted octanol–water partition coefficient (Wildman–Crippen LogP) is 3.63. The smallest absolute Gasteiger partial charge is 0.243 e. The highest BCUT2D eigenvalue weighted by Crippen LogP contribution is 2.55. The van der Waals surface area contributed by atoms with E-state index in [-0.39, 0.29) is 16.7 Å². The second-order valence-electron chi connectivity index (χ2n) is 7.97. The molecule has 1 N–H and O–H groups in total. The number of carbonyl (C=O) groups is 1.